The molecule has 5 nitrogen and oxygen atoms in total. The van der Waals surface area contributed by atoms with E-state index in [0.29, 0.717) is 17.5 Å². The van der Waals surface area contributed by atoms with Crippen molar-refractivity contribution in [2.75, 3.05) is 6.54 Å². The van der Waals surface area contributed by atoms with Gasteiger partial charge in [0.1, 0.15) is 0 Å². The van der Waals surface area contributed by atoms with Crippen LogP contribution in [-0.4, -0.2) is 22.3 Å². The first-order chi connectivity index (χ1) is 12.2. The second-order valence-corrected chi connectivity index (χ2v) is 6.16. The molecule has 1 aromatic carbocycles. The van der Waals surface area contributed by atoms with Crippen LogP contribution in [0.5, 0.6) is 0 Å². The standard InChI is InChI=1S/C17H21ClF3N5/c1-4-22-16(24-11(2)13-7-5-6-8-14(13)18)23-9-12-10-26(3)25-15(12)17(19,20)21/h5-8,10-11H,4,9H2,1-3H3,(H2,22,23,24). The number of hydrogen-bond donors (Lipinski definition) is 2. The summed E-state index contributed by atoms with van der Waals surface area (Å²) in [6.07, 6.45) is -3.18. The summed E-state index contributed by atoms with van der Waals surface area (Å²) in [5, 5.41) is 10.3. The van der Waals surface area contributed by atoms with Crippen molar-refractivity contribution in [1.29, 1.82) is 0 Å². The van der Waals surface area contributed by atoms with Crippen LogP contribution in [0.4, 0.5) is 13.2 Å². The van der Waals surface area contributed by atoms with Gasteiger partial charge in [-0.1, -0.05) is 29.8 Å². The summed E-state index contributed by atoms with van der Waals surface area (Å²) in [6, 6.07) is 7.20. The van der Waals surface area contributed by atoms with E-state index in [4.69, 9.17) is 11.6 Å². The number of rotatable bonds is 5. The third-order valence-electron chi connectivity index (χ3n) is 3.65. The summed E-state index contributed by atoms with van der Waals surface area (Å²) in [5.41, 5.74) is -0.0292. The van der Waals surface area contributed by atoms with E-state index in [1.165, 1.54) is 13.2 Å². The number of aromatic nitrogens is 2. The number of nitrogens with zero attached hydrogens (tertiary/aromatic N) is 3. The number of aliphatic imine (C=N–C) groups is 1. The average Bonchev–Trinajstić information content (AvgIpc) is 2.94. The molecule has 0 aliphatic rings. The molecule has 142 valence electrons. The topological polar surface area (TPSA) is 54.2 Å². The predicted octanol–water partition coefficient (Wildman–Crippen LogP) is 3.91. The highest BCUT2D eigenvalue weighted by atomic mass is 35.5. The Labute approximate surface area is 155 Å². The third kappa shape index (κ3) is 5.14. The van der Waals surface area contributed by atoms with E-state index in [1.54, 1.807) is 6.07 Å². The molecular weight excluding hydrogens is 367 g/mol. The van der Waals surface area contributed by atoms with Gasteiger partial charge in [-0.05, 0) is 25.5 Å². The quantitative estimate of drug-likeness (QED) is 0.604. The molecule has 0 aliphatic heterocycles. The molecule has 2 N–H and O–H groups in total. The minimum absolute atomic E-state index is 0.0163. The Hall–Kier alpha value is -2.22. The van der Waals surface area contributed by atoms with E-state index in [2.05, 4.69) is 20.7 Å². The van der Waals surface area contributed by atoms with Crippen molar-refractivity contribution >= 4 is 17.6 Å². The van der Waals surface area contributed by atoms with Gasteiger partial charge >= 0.3 is 6.18 Å². The lowest BCUT2D eigenvalue weighted by atomic mass is 10.1. The first-order valence-corrected chi connectivity index (χ1v) is 8.49. The molecule has 0 bridgehead atoms. The van der Waals surface area contributed by atoms with Crippen molar-refractivity contribution < 1.29 is 13.2 Å². The van der Waals surface area contributed by atoms with E-state index < -0.39 is 11.9 Å². The highest BCUT2D eigenvalue weighted by Crippen LogP contribution is 2.30. The number of nitrogens with one attached hydrogen (secondary N) is 2. The molecule has 0 radical (unpaired) electrons. The zero-order valence-corrected chi connectivity index (χ0v) is 15.5. The maximum absolute atomic E-state index is 13.0. The molecule has 9 heteroatoms. The predicted molar refractivity (Wildman–Crippen MR) is 96.0 cm³/mol. The number of guanidine groups is 1. The van der Waals surface area contributed by atoms with Crippen LogP contribution in [-0.2, 0) is 19.8 Å². The molecule has 0 spiro atoms. The summed E-state index contributed by atoms with van der Waals surface area (Å²) in [6.45, 7) is 4.20. The Balaban J connectivity index is 2.19. The highest BCUT2D eigenvalue weighted by Gasteiger charge is 2.36. The lowest BCUT2D eigenvalue weighted by Gasteiger charge is -2.19. The summed E-state index contributed by atoms with van der Waals surface area (Å²) in [7, 11) is 1.45. The fraction of sp³-hybridized carbons (Fsp3) is 0.412. The van der Waals surface area contributed by atoms with Crippen LogP contribution in [0.2, 0.25) is 5.02 Å². The van der Waals surface area contributed by atoms with Gasteiger partial charge in [-0.3, -0.25) is 4.68 Å². The van der Waals surface area contributed by atoms with Crippen molar-refractivity contribution in [3.05, 3.63) is 52.3 Å². The lowest BCUT2D eigenvalue weighted by molar-refractivity contribution is -0.142. The Morgan fingerprint density at radius 3 is 2.65 bits per heavy atom. The van der Waals surface area contributed by atoms with Crippen molar-refractivity contribution in [3.63, 3.8) is 0 Å². The molecule has 2 rings (SSSR count). The smallest absolute Gasteiger partial charge is 0.357 e. The summed E-state index contributed by atoms with van der Waals surface area (Å²) in [5.74, 6) is 0.400. The molecule has 2 aromatic rings. The zero-order chi connectivity index (χ0) is 19.3. The van der Waals surface area contributed by atoms with Gasteiger partial charge in [0.25, 0.3) is 0 Å². The largest absolute Gasteiger partial charge is 0.435 e. The van der Waals surface area contributed by atoms with Gasteiger partial charge in [0.2, 0.25) is 0 Å². The van der Waals surface area contributed by atoms with E-state index in [9.17, 15) is 13.2 Å². The molecule has 1 aromatic heterocycles. The van der Waals surface area contributed by atoms with Gasteiger partial charge in [0.15, 0.2) is 11.7 Å². The van der Waals surface area contributed by atoms with Crippen molar-refractivity contribution in [2.45, 2.75) is 32.6 Å². The monoisotopic (exact) mass is 387 g/mol. The van der Waals surface area contributed by atoms with Crippen LogP contribution in [0.15, 0.2) is 35.5 Å². The van der Waals surface area contributed by atoms with Crippen molar-refractivity contribution in [3.8, 4) is 0 Å². The number of benzene rings is 1. The van der Waals surface area contributed by atoms with Crippen LogP contribution in [0.3, 0.4) is 0 Å². The molecule has 0 amide bonds. The van der Waals surface area contributed by atoms with Gasteiger partial charge in [-0.15, -0.1) is 0 Å². The van der Waals surface area contributed by atoms with Crippen LogP contribution in [0.1, 0.15) is 36.7 Å². The van der Waals surface area contributed by atoms with E-state index in [1.807, 2.05) is 32.0 Å². The van der Waals surface area contributed by atoms with Crippen LogP contribution in [0, 0.1) is 0 Å². The Morgan fingerprint density at radius 1 is 1.35 bits per heavy atom. The Morgan fingerprint density at radius 2 is 2.04 bits per heavy atom. The SMILES string of the molecule is CCNC(=NCc1cn(C)nc1C(F)(F)F)NC(C)c1ccccc1Cl. The molecule has 1 unspecified atom stereocenters. The third-order valence-corrected chi connectivity index (χ3v) is 3.99. The first kappa shape index (κ1) is 20.1. The van der Waals surface area contributed by atoms with Gasteiger partial charge in [-0.2, -0.15) is 18.3 Å². The molecule has 0 aliphatic carbocycles. The van der Waals surface area contributed by atoms with E-state index in [-0.39, 0.29) is 18.2 Å². The summed E-state index contributed by atoms with van der Waals surface area (Å²) >= 11 is 6.19. The molecule has 1 atom stereocenters. The Bertz CT molecular complexity index is 770. The Kier molecular flexibility index (Phi) is 6.52. The van der Waals surface area contributed by atoms with Gasteiger partial charge in [-0.25, -0.2) is 4.99 Å². The maximum atomic E-state index is 13.0. The van der Waals surface area contributed by atoms with Gasteiger partial charge in [0, 0.05) is 30.4 Å². The summed E-state index contributed by atoms with van der Waals surface area (Å²) < 4.78 is 40.3. The number of halogens is 4. The molecule has 0 fully saturated rings. The fourth-order valence-electron chi connectivity index (χ4n) is 2.49. The first-order valence-electron chi connectivity index (χ1n) is 8.11. The molecule has 0 saturated heterocycles. The number of aryl methyl sites for hydroxylation is 1. The molecule has 26 heavy (non-hydrogen) atoms. The minimum atomic E-state index is -4.51. The number of hydrogen-bond acceptors (Lipinski definition) is 2. The maximum Gasteiger partial charge on any atom is 0.435 e. The minimum Gasteiger partial charge on any atom is -0.357 e. The normalized spacial score (nSPS) is 13.6. The molecule has 0 saturated carbocycles. The van der Waals surface area contributed by atoms with Crippen LogP contribution >= 0.6 is 11.6 Å². The summed E-state index contributed by atoms with van der Waals surface area (Å²) in [4.78, 5) is 4.26. The second-order valence-electron chi connectivity index (χ2n) is 5.76. The molecular formula is C17H21ClF3N5. The highest BCUT2D eigenvalue weighted by molar-refractivity contribution is 6.31. The van der Waals surface area contributed by atoms with Gasteiger partial charge in [0.05, 0.1) is 12.6 Å². The average molecular weight is 388 g/mol. The molecule has 1 heterocycles. The fourth-order valence-corrected chi connectivity index (χ4v) is 2.78. The van der Waals surface area contributed by atoms with Crippen LogP contribution in [0.25, 0.3) is 0 Å². The van der Waals surface area contributed by atoms with Gasteiger partial charge < -0.3 is 10.6 Å². The van der Waals surface area contributed by atoms with E-state index >= 15 is 0 Å². The van der Waals surface area contributed by atoms with Crippen LogP contribution < -0.4 is 10.6 Å². The van der Waals surface area contributed by atoms with Crippen molar-refractivity contribution in [1.82, 2.24) is 20.4 Å². The van der Waals surface area contributed by atoms with E-state index in [0.717, 1.165) is 10.2 Å². The number of alkyl halides is 3. The zero-order valence-electron chi connectivity index (χ0n) is 14.7. The second kappa shape index (κ2) is 8.44. The van der Waals surface area contributed by atoms with Crippen molar-refractivity contribution in [2.24, 2.45) is 12.0 Å². The lowest BCUT2D eigenvalue weighted by Crippen LogP contribution is -2.38.